The summed E-state index contributed by atoms with van der Waals surface area (Å²) in [5.74, 6) is -0.667. The van der Waals surface area contributed by atoms with Crippen LogP contribution in [0.3, 0.4) is 0 Å². The highest BCUT2D eigenvalue weighted by Crippen LogP contribution is 2.27. The van der Waals surface area contributed by atoms with E-state index in [1.54, 1.807) is 37.3 Å². The van der Waals surface area contributed by atoms with Crippen LogP contribution in [0.2, 0.25) is 0 Å². The summed E-state index contributed by atoms with van der Waals surface area (Å²) in [7, 11) is -4.08. The zero-order valence-electron chi connectivity index (χ0n) is 24.5. The highest BCUT2D eigenvalue weighted by molar-refractivity contribution is 7.92. The van der Waals surface area contributed by atoms with Gasteiger partial charge in [-0.2, -0.15) is 0 Å². The van der Waals surface area contributed by atoms with Crippen molar-refractivity contribution >= 4 is 27.5 Å². The fraction of sp³-hybridized carbons (Fsp3) is 0.394. The van der Waals surface area contributed by atoms with Crippen LogP contribution in [0.4, 0.5) is 5.69 Å². The third-order valence-electron chi connectivity index (χ3n) is 8.11. The molecule has 3 aromatic rings. The number of hydrogen-bond acceptors (Lipinski definition) is 4. The van der Waals surface area contributed by atoms with E-state index < -0.39 is 28.5 Å². The van der Waals surface area contributed by atoms with Gasteiger partial charge in [-0.3, -0.25) is 13.9 Å². The van der Waals surface area contributed by atoms with E-state index in [0.717, 1.165) is 52.2 Å². The van der Waals surface area contributed by atoms with Gasteiger partial charge in [0, 0.05) is 12.6 Å². The van der Waals surface area contributed by atoms with Gasteiger partial charge >= 0.3 is 0 Å². The quantitative estimate of drug-likeness (QED) is 0.337. The maximum atomic E-state index is 14.2. The van der Waals surface area contributed by atoms with Crippen molar-refractivity contribution in [3.05, 3.63) is 95.1 Å². The largest absolute Gasteiger partial charge is 0.352 e. The van der Waals surface area contributed by atoms with Gasteiger partial charge in [0.25, 0.3) is 10.0 Å². The van der Waals surface area contributed by atoms with Crippen molar-refractivity contribution in [2.45, 2.75) is 83.3 Å². The van der Waals surface area contributed by atoms with E-state index in [9.17, 15) is 18.0 Å². The van der Waals surface area contributed by atoms with Gasteiger partial charge in [-0.25, -0.2) is 8.42 Å². The van der Waals surface area contributed by atoms with E-state index in [-0.39, 0.29) is 23.4 Å². The summed E-state index contributed by atoms with van der Waals surface area (Å²) in [6.45, 7) is 7.31. The first-order chi connectivity index (χ1) is 19.6. The first-order valence-corrected chi connectivity index (χ1v) is 15.8. The molecular weight excluding hydrogens is 534 g/mol. The van der Waals surface area contributed by atoms with Gasteiger partial charge in [0.05, 0.1) is 10.6 Å². The number of carbonyl (C=O) groups excluding carboxylic acids is 2. The molecule has 0 saturated heterocycles. The lowest BCUT2D eigenvalue weighted by atomic mass is 9.95. The van der Waals surface area contributed by atoms with Crippen LogP contribution in [-0.2, 0) is 26.2 Å². The Hall–Kier alpha value is -3.65. The van der Waals surface area contributed by atoms with Crippen LogP contribution in [0.25, 0.3) is 0 Å². The molecule has 1 saturated carbocycles. The van der Waals surface area contributed by atoms with Crippen LogP contribution >= 0.6 is 0 Å². The molecule has 4 rings (SSSR count). The molecule has 218 valence electrons. The van der Waals surface area contributed by atoms with Gasteiger partial charge in [0.2, 0.25) is 11.8 Å². The molecular formula is C33H41N3O4S. The second-order valence-corrected chi connectivity index (χ2v) is 12.9. The minimum Gasteiger partial charge on any atom is -0.352 e. The lowest BCUT2D eigenvalue weighted by Crippen LogP contribution is -2.53. The molecule has 0 unspecified atom stereocenters. The summed E-state index contributed by atoms with van der Waals surface area (Å²) in [6, 6.07) is 20.5. The summed E-state index contributed by atoms with van der Waals surface area (Å²) in [5, 5.41) is 3.14. The van der Waals surface area contributed by atoms with E-state index in [1.807, 2.05) is 51.1 Å². The van der Waals surface area contributed by atoms with Gasteiger partial charge in [0.1, 0.15) is 12.6 Å². The number of sulfonamides is 1. The Morgan fingerprint density at radius 2 is 1.51 bits per heavy atom. The normalized spacial score (nSPS) is 14.7. The maximum absolute atomic E-state index is 14.2. The van der Waals surface area contributed by atoms with Gasteiger partial charge < -0.3 is 10.2 Å². The molecule has 0 bridgehead atoms. The Morgan fingerprint density at radius 1 is 0.854 bits per heavy atom. The standard InChI is InChI=1S/C33H41N3O4S/c1-24-19-20-30(21-26(24)3)36(41(39,40)31-17-9-6-10-18-31)23-32(37)35(22-28-14-12-11-13-25(28)2)27(4)33(38)34-29-15-7-5-8-16-29/h6,9-14,17-21,27,29H,5,7-8,15-16,22-23H2,1-4H3,(H,34,38)/t27-/m0/s1. The predicted octanol–water partition coefficient (Wildman–Crippen LogP) is 5.67. The molecule has 0 heterocycles. The van der Waals surface area contributed by atoms with Crippen LogP contribution in [0.1, 0.15) is 61.3 Å². The molecule has 41 heavy (non-hydrogen) atoms. The van der Waals surface area contributed by atoms with Gasteiger partial charge in [-0.15, -0.1) is 0 Å². The summed E-state index contributed by atoms with van der Waals surface area (Å²) >= 11 is 0. The SMILES string of the molecule is Cc1ccc(N(CC(=O)N(Cc2ccccc2C)[C@@H](C)C(=O)NC2CCCCC2)S(=O)(=O)c2ccccc2)cc1C. The molecule has 2 amide bonds. The Labute approximate surface area is 244 Å². The summed E-state index contributed by atoms with van der Waals surface area (Å²) in [5.41, 5.74) is 4.24. The number of anilines is 1. The number of aryl methyl sites for hydroxylation is 3. The van der Waals surface area contributed by atoms with E-state index in [4.69, 9.17) is 0 Å². The van der Waals surface area contributed by atoms with Gasteiger partial charge in [0.15, 0.2) is 0 Å². The topological polar surface area (TPSA) is 86.8 Å². The van der Waals surface area contributed by atoms with E-state index >= 15 is 0 Å². The second-order valence-electron chi connectivity index (χ2n) is 11.1. The molecule has 1 aliphatic carbocycles. The molecule has 0 aliphatic heterocycles. The van der Waals surface area contributed by atoms with E-state index in [1.165, 1.54) is 23.5 Å². The highest BCUT2D eigenvalue weighted by Gasteiger charge is 2.33. The molecule has 1 atom stereocenters. The molecule has 7 nitrogen and oxygen atoms in total. The summed E-state index contributed by atoms with van der Waals surface area (Å²) in [4.78, 5) is 29.2. The maximum Gasteiger partial charge on any atom is 0.264 e. The first kappa shape index (κ1) is 30.3. The Balaban J connectivity index is 1.69. The molecule has 1 N–H and O–H groups in total. The number of nitrogens with zero attached hydrogens (tertiary/aromatic N) is 2. The van der Waals surface area contributed by atoms with E-state index in [2.05, 4.69) is 5.32 Å². The van der Waals surface area contributed by atoms with Crippen molar-refractivity contribution in [1.29, 1.82) is 0 Å². The third kappa shape index (κ3) is 7.36. The molecule has 0 aromatic heterocycles. The molecule has 3 aromatic carbocycles. The summed E-state index contributed by atoms with van der Waals surface area (Å²) in [6.07, 6.45) is 5.19. The van der Waals surface area contributed by atoms with Crippen molar-refractivity contribution in [1.82, 2.24) is 10.2 Å². The second kappa shape index (κ2) is 13.3. The van der Waals surface area contributed by atoms with Crippen molar-refractivity contribution in [2.75, 3.05) is 10.8 Å². The number of hydrogen-bond donors (Lipinski definition) is 1. The van der Waals surface area contributed by atoms with Crippen LogP contribution < -0.4 is 9.62 Å². The van der Waals surface area contributed by atoms with Crippen LogP contribution in [-0.4, -0.2) is 43.8 Å². The fourth-order valence-corrected chi connectivity index (χ4v) is 6.68. The van der Waals surface area contributed by atoms with Gasteiger partial charge in [-0.05, 0) is 87.1 Å². The average Bonchev–Trinajstić information content (AvgIpc) is 2.97. The fourth-order valence-electron chi connectivity index (χ4n) is 5.25. The molecule has 0 radical (unpaired) electrons. The lowest BCUT2D eigenvalue weighted by molar-refractivity contribution is -0.139. The molecule has 8 heteroatoms. The highest BCUT2D eigenvalue weighted by atomic mass is 32.2. The predicted molar refractivity (Wildman–Crippen MR) is 163 cm³/mol. The molecule has 1 aliphatic rings. The number of carbonyl (C=O) groups is 2. The van der Waals surface area contributed by atoms with Crippen LogP contribution in [0, 0.1) is 20.8 Å². The Bertz CT molecular complexity index is 1470. The Morgan fingerprint density at radius 3 is 2.17 bits per heavy atom. The van der Waals surface area contributed by atoms with E-state index in [0.29, 0.717) is 5.69 Å². The summed E-state index contributed by atoms with van der Waals surface area (Å²) < 4.78 is 29.0. The van der Waals surface area contributed by atoms with Gasteiger partial charge in [-0.1, -0.05) is 67.8 Å². The number of amides is 2. The van der Waals surface area contributed by atoms with Crippen molar-refractivity contribution in [3.63, 3.8) is 0 Å². The average molecular weight is 576 g/mol. The van der Waals surface area contributed by atoms with Crippen molar-refractivity contribution in [3.8, 4) is 0 Å². The van der Waals surface area contributed by atoms with Crippen LogP contribution in [0.5, 0.6) is 0 Å². The van der Waals surface area contributed by atoms with Crippen molar-refractivity contribution < 1.29 is 18.0 Å². The zero-order chi connectivity index (χ0) is 29.6. The first-order valence-electron chi connectivity index (χ1n) is 14.4. The third-order valence-corrected chi connectivity index (χ3v) is 9.90. The minimum absolute atomic E-state index is 0.0968. The number of rotatable bonds is 10. The number of nitrogens with one attached hydrogen (secondary N) is 1. The minimum atomic E-state index is -4.08. The van der Waals surface area contributed by atoms with Crippen molar-refractivity contribution in [2.24, 2.45) is 0 Å². The smallest absolute Gasteiger partial charge is 0.264 e. The molecule has 0 spiro atoms. The molecule has 1 fully saturated rings. The Kier molecular flexibility index (Phi) is 9.86. The van der Waals surface area contributed by atoms with Crippen LogP contribution in [0.15, 0.2) is 77.7 Å². The lowest BCUT2D eigenvalue weighted by Gasteiger charge is -2.33. The number of benzene rings is 3. The zero-order valence-corrected chi connectivity index (χ0v) is 25.3. The monoisotopic (exact) mass is 575 g/mol.